The van der Waals surface area contributed by atoms with Crippen molar-refractivity contribution in [3.05, 3.63) is 35.4 Å². The topological polar surface area (TPSA) is 57.2 Å². The Labute approximate surface area is 162 Å². The molecule has 1 fully saturated rings. The highest BCUT2D eigenvalue weighted by molar-refractivity contribution is 5.80. The number of aliphatic imine (C=N–C) groups is 1. The normalized spacial score (nSPS) is 19.5. The highest BCUT2D eigenvalue weighted by Crippen LogP contribution is 2.23. The van der Waals surface area contributed by atoms with Gasteiger partial charge in [-0.3, -0.25) is 9.79 Å². The van der Waals surface area contributed by atoms with E-state index in [1.54, 1.807) is 7.11 Å². The number of likely N-dealkylation sites (tertiary alicyclic amines) is 1. The average molecular weight is 373 g/mol. The van der Waals surface area contributed by atoms with E-state index in [1.807, 2.05) is 17.0 Å². The van der Waals surface area contributed by atoms with Gasteiger partial charge >= 0.3 is 0 Å². The lowest BCUT2D eigenvalue weighted by molar-refractivity contribution is -0.131. The highest BCUT2D eigenvalue weighted by Gasteiger charge is 2.25. The number of nitrogens with one attached hydrogen (secondary N) is 1. The fourth-order valence-electron chi connectivity index (χ4n) is 3.91. The number of rotatable bonds is 7. The molecule has 2 heterocycles. The fourth-order valence-corrected chi connectivity index (χ4v) is 3.91. The lowest BCUT2D eigenvalue weighted by atomic mass is 10.1. The molecule has 27 heavy (non-hydrogen) atoms. The van der Waals surface area contributed by atoms with Gasteiger partial charge in [-0.1, -0.05) is 24.3 Å². The van der Waals surface area contributed by atoms with Crippen LogP contribution in [0.25, 0.3) is 0 Å². The summed E-state index contributed by atoms with van der Waals surface area (Å²) in [6, 6.07) is 8.31. The molecule has 2 aliphatic rings. The minimum absolute atomic E-state index is 0.229. The maximum Gasteiger partial charge on any atom is 0.223 e. The number of methoxy groups -OCH3 is 1. The second-order valence-corrected chi connectivity index (χ2v) is 7.41. The first-order chi connectivity index (χ1) is 13.2. The molecule has 0 spiro atoms. The molecule has 0 aliphatic carbocycles. The molecule has 148 valence electrons. The van der Waals surface area contributed by atoms with Crippen LogP contribution in [0.1, 0.15) is 37.3 Å². The smallest absolute Gasteiger partial charge is 0.223 e. The van der Waals surface area contributed by atoms with E-state index in [2.05, 4.69) is 29.3 Å². The summed E-state index contributed by atoms with van der Waals surface area (Å²) in [6.07, 6.45) is 2.49. The molecule has 1 amide bonds. The SMILES string of the molecule is CCNC(=NCCCC(=O)N1Cc2ccccc2C1)N1CCC(COC)C1. The van der Waals surface area contributed by atoms with Gasteiger partial charge in [0.05, 0.1) is 6.61 Å². The second-order valence-electron chi connectivity index (χ2n) is 7.41. The summed E-state index contributed by atoms with van der Waals surface area (Å²) in [6.45, 7) is 7.94. The Balaban J connectivity index is 1.44. The van der Waals surface area contributed by atoms with Gasteiger partial charge in [0.25, 0.3) is 0 Å². The molecule has 2 aliphatic heterocycles. The van der Waals surface area contributed by atoms with Crippen LogP contribution in [0.3, 0.4) is 0 Å². The van der Waals surface area contributed by atoms with Crippen molar-refractivity contribution in [2.75, 3.05) is 39.9 Å². The summed E-state index contributed by atoms with van der Waals surface area (Å²) in [5, 5.41) is 3.38. The molecule has 6 heteroatoms. The third-order valence-electron chi connectivity index (χ3n) is 5.33. The van der Waals surface area contributed by atoms with Gasteiger partial charge in [0.15, 0.2) is 5.96 Å². The first-order valence-corrected chi connectivity index (χ1v) is 10.1. The van der Waals surface area contributed by atoms with Crippen molar-refractivity contribution in [3.63, 3.8) is 0 Å². The number of nitrogens with zero attached hydrogens (tertiary/aromatic N) is 3. The number of hydrogen-bond acceptors (Lipinski definition) is 3. The van der Waals surface area contributed by atoms with Crippen LogP contribution in [0.15, 0.2) is 29.3 Å². The molecular formula is C21H32N4O2. The summed E-state index contributed by atoms with van der Waals surface area (Å²) >= 11 is 0. The zero-order valence-corrected chi connectivity index (χ0v) is 16.6. The van der Waals surface area contributed by atoms with Gasteiger partial charge in [0.1, 0.15) is 0 Å². The molecule has 0 radical (unpaired) electrons. The van der Waals surface area contributed by atoms with Crippen LogP contribution < -0.4 is 5.32 Å². The molecule has 3 rings (SSSR count). The molecule has 0 aromatic heterocycles. The molecular weight excluding hydrogens is 340 g/mol. The predicted octanol–water partition coefficient (Wildman–Crippen LogP) is 2.24. The Morgan fingerprint density at radius 2 is 2.00 bits per heavy atom. The summed E-state index contributed by atoms with van der Waals surface area (Å²) < 4.78 is 5.28. The monoisotopic (exact) mass is 372 g/mol. The standard InChI is InChI=1S/C21H32N4O2/c1-3-22-21(24-12-10-17(13-24)16-27-2)23-11-6-9-20(26)25-14-18-7-4-5-8-19(18)15-25/h4-5,7-8,17H,3,6,9-16H2,1-2H3,(H,22,23). The van der Waals surface area contributed by atoms with Gasteiger partial charge in [0.2, 0.25) is 5.91 Å². The molecule has 1 N–H and O–H groups in total. The number of guanidine groups is 1. The molecule has 6 nitrogen and oxygen atoms in total. The van der Waals surface area contributed by atoms with E-state index in [4.69, 9.17) is 9.73 Å². The van der Waals surface area contributed by atoms with E-state index in [1.165, 1.54) is 11.1 Å². The zero-order valence-electron chi connectivity index (χ0n) is 16.6. The van der Waals surface area contributed by atoms with Crippen molar-refractivity contribution in [1.29, 1.82) is 0 Å². The van der Waals surface area contributed by atoms with Crippen molar-refractivity contribution >= 4 is 11.9 Å². The summed E-state index contributed by atoms with van der Waals surface area (Å²) in [5.74, 6) is 1.78. The third kappa shape index (κ3) is 5.22. The van der Waals surface area contributed by atoms with Crippen LogP contribution in [0.4, 0.5) is 0 Å². The maximum atomic E-state index is 12.5. The molecule has 1 aromatic rings. The van der Waals surface area contributed by atoms with E-state index in [-0.39, 0.29) is 5.91 Å². The molecule has 1 unspecified atom stereocenters. The van der Waals surface area contributed by atoms with E-state index in [0.717, 1.165) is 58.1 Å². The molecule has 1 aromatic carbocycles. The lowest BCUT2D eigenvalue weighted by Crippen LogP contribution is -2.40. The Bertz CT molecular complexity index is 636. The maximum absolute atomic E-state index is 12.5. The van der Waals surface area contributed by atoms with E-state index in [0.29, 0.717) is 18.9 Å². The van der Waals surface area contributed by atoms with E-state index in [9.17, 15) is 4.79 Å². The van der Waals surface area contributed by atoms with Crippen LogP contribution in [0, 0.1) is 5.92 Å². The van der Waals surface area contributed by atoms with Crippen LogP contribution in [0.2, 0.25) is 0 Å². The fraction of sp³-hybridized carbons (Fsp3) is 0.619. The third-order valence-corrected chi connectivity index (χ3v) is 5.33. The van der Waals surface area contributed by atoms with Crippen LogP contribution in [-0.2, 0) is 22.6 Å². The summed E-state index contributed by atoms with van der Waals surface area (Å²) in [4.78, 5) is 21.5. The average Bonchev–Trinajstić information content (AvgIpc) is 3.31. The van der Waals surface area contributed by atoms with Gasteiger partial charge < -0.3 is 19.9 Å². The second kappa shape index (κ2) is 9.74. The number of hydrogen-bond donors (Lipinski definition) is 1. The zero-order chi connectivity index (χ0) is 19.1. The molecule has 1 saturated heterocycles. The number of fused-ring (bicyclic) bond motifs is 1. The quantitative estimate of drug-likeness (QED) is 0.453. The number of ether oxygens (including phenoxy) is 1. The first-order valence-electron chi connectivity index (χ1n) is 10.1. The molecule has 1 atom stereocenters. The summed E-state index contributed by atoms with van der Waals surface area (Å²) in [5.41, 5.74) is 2.55. The van der Waals surface area contributed by atoms with Crippen molar-refractivity contribution < 1.29 is 9.53 Å². The number of amides is 1. The van der Waals surface area contributed by atoms with E-state index < -0.39 is 0 Å². The first kappa shape index (κ1) is 19.7. The van der Waals surface area contributed by atoms with Crippen LogP contribution in [-0.4, -0.2) is 61.6 Å². The minimum atomic E-state index is 0.229. The number of carbonyl (C=O) groups is 1. The van der Waals surface area contributed by atoms with Crippen LogP contribution >= 0.6 is 0 Å². The van der Waals surface area contributed by atoms with Crippen molar-refractivity contribution in [2.45, 2.75) is 39.3 Å². The van der Waals surface area contributed by atoms with Crippen molar-refractivity contribution in [2.24, 2.45) is 10.9 Å². The molecule has 0 bridgehead atoms. The lowest BCUT2D eigenvalue weighted by Gasteiger charge is -2.21. The van der Waals surface area contributed by atoms with Crippen molar-refractivity contribution in [1.82, 2.24) is 15.1 Å². The van der Waals surface area contributed by atoms with Gasteiger partial charge in [0, 0.05) is 58.7 Å². The van der Waals surface area contributed by atoms with Crippen LogP contribution in [0.5, 0.6) is 0 Å². The highest BCUT2D eigenvalue weighted by atomic mass is 16.5. The van der Waals surface area contributed by atoms with Gasteiger partial charge in [-0.05, 0) is 30.9 Å². The number of carbonyl (C=O) groups excluding carboxylic acids is 1. The Morgan fingerprint density at radius 1 is 1.26 bits per heavy atom. The predicted molar refractivity (Wildman–Crippen MR) is 107 cm³/mol. The number of benzene rings is 1. The Kier molecular flexibility index (Phi) is 7.10. The largest absolute Gasteiger partial charge is 0.384 e. The minimum Gasteiger partial charge on any atom is -0.384 e. The van der Waals surface area contributed by atoms with Gasteiger partial charge in [-0.15, -0.1) is 0 Å². The summed E-state index contributed by atoms with van der Waals surface area (Å²) in [7, 11) is 1.76. The van der Waals surface area contributed by atoms with Gasteiger partial charge in [-0.2, -0.15) is 0 Å². The van der Waals surface area contributed by atoms with Crippen molar-refractivity contribution in [3.8, 4) is 0 Å². The van der Waals surface area contributed by atoms with Gasteiger partial charge in [-0.25, -0.2) is 0 Å². The Morgan fingerprint density at radius 3 is 2.67 bits per heavy atom. The molecule has 0 saturated carbocycles. The Hall–Kier alpha value is -2.08. The van der Waals surface area contributed by atoms with E-state index >= 15 is 0 Å².